The second kappa shape index (κ2) is 7.54. The molecule has 1 aliphatic heterocycles. The number of carboxylic acids is 1. The highest BCUT2D eigenvalue weighted by Gasteiger charge is 2.33. The molecule has 0 aliphatic carbocycles. The number of hydrogen-bond donors (Lipinski definition) is 2. The summed E-state index contributed by atoms with van der Waals surface area (Å²) in [4.78, 5) is 24.0. The fourth-order valence-electron chi connectivity index (χ4n) is 2.30. The molecule has 1 rings (SSSR count). The minimum atomic E-state index is -0.987. The van der Waals surface area contributed by atoms with Crippen LogP contribution in [0.1, 0.15) is 46.5 Å². The largest absolute Gasteiger partial charge is 0.481 e. The number of likely N-dealkylation sites (tertiary alicyclic amines) is 1. The van der Waals surface area contributed by atoms with E-state index >= 15 is 0 Å². The van der Waals surface area contributed by atoms with Crippen LogP contribution in [0.3, 0.4) is 0 Å². The third-order valence-corrected chi connectivity index (χ3v) is 3.29. The first-order valence-electron chi connectivity index (χ1n) is 7.38. The van der Waals surface area contributed by atoms with Crippen molar-refractivity contribution in [1.82, 2.24) is 4.90 Å². The van der Waals surface area contributed by atoms with Gasteiger partial charge in [0.15, 0.2) is 0 Å². The van der Waals surface area contributed by atoms with Crippen LogP contribution in [0.25, 0.3) is 0 Å². The molecular formula is C15H26NO5+. The van der Waals surface area contributed by atoms with Gasteiger partial charge in [-0.2, -0.15) is 0 Å². The zero-order chi connectivity index (χ0) is 16.0. The Morgan fingerprint density at radius 1 is 1.43 bits per heavy atom. The summed E-state index contributed by atoms with van der Waals surface area (Å²) in [5.74, 6) is -0.700. The Balaban J connectivity index is 2.23. The number of aliphatic hydroxyl groups is 1. The second-order valence-electron chi connectivity index (χ2n) is 6.54. The SMILES string of the molecule is CC(C)(C)OC(=O)N1CCC([CH+]CCC(O)CC(=O)O)C1. The summed E-state index contributed by atoms with van der Waals surface area (Å²) in [7, 11) is 0. The smallest absolute Gasteiger partial charge is 0.410 e. The van der Waals surface area contributed by atoms with E-state index in [4.69, 9.17) is 9.84 Å². The molecule has 21 heavy (non-hydrogen) atoms. The lowest BCUT2D eigenvalue weighted by molar-refractivity contribution is -0.139. The van der Waals surface area contributed by atoms with Crippen LogP contribution < -0.4 is 0 Å². The lowest BCUT2D eigenvalue weighted by Gasteiger charge is -2.23. The molecule has 1 amide bonds. The van der Waals surface area contributed by atoms with Crippen molar-refractivity contribution in [1.29, 1.82) is 0 Å². The number of nitrogens with zero attached hydrogens (tertiary/aromatic N) is 1. The normalized spacial score (nSPS) is 20.2. The minimum absolute atomic E-state index is 0.220. The minimum Gasteiger partial charge on any atom is -0.481 e. The van der Waals surface area contributed by atoms with Crippen LogP contribution in [-0.2, 0) is 9.53 Å². The van der Waals surface area contributed by atoms with E-state index in [-0.39, 0.29) is 18.4 Å². The summed E-state index contributed by atoms with van der Waals surface area (Å²) in [6.45, 7) is 6.83. The van der Waals surface area contributed by atoms with Crippen molar-refractivity contribution >= 4 is 12.1 Å². The highest BCUT2D eigenvalue weighted by Crippen LogP contribution is 2.23. The molecule has 120 valence electrons. The molecule has 2 unspecified atom stereocenters. The quantitative estimate of drug-likeness (QED) is 0.733. The van der Waals surface area contributed by atoms with Crippen molar-refractivity contribution in [2.45, 2.75) is 58.2 Å². The zero-order valence-corrected chi connectivity index (χ0v) is 13.0. The van der Waals surface area contributed by atoms with E-state index in [1.807, 2.05) is 20.8 Å². The summed E-state index contributed by atoms with van der Waals surface area (Å²) in [6.07, 6.45) is 2.73. The van der Waals surface area contributed by atoms with Gasteiger partial charge in [-0.05, 0) is 20.8 Å². The van der Waals surface area contributed by atoms with Crippen molar-refractivity contribution in [2.24, 2.45) is 5.92 Å². The van der Waals surface area contributed by atoms with E-state index in [0.29, 0.717) is 25.9 Å². The maximum Gasteiger partial charge on any atom is 0.410 e. The van der Waals surface area contributed by atoms with Gasteiger partial charge in [0.2, 0.25) is 0 Å². The van der Waals surface area contributed by atoms with Crippen LogP contribution in [0.15, 0.2) is 0 Å². The Labute approximate surface area is 126 Å². The first-order valence-corrected chi connectivity index (χ1v) is 7.38. The molecule has 1 fully saturated rings. The number of rotatable bonds is 6. The van der Waals surface area contributed by atoms with E-state index < -0.39 is 17.7 Å². The molecule has 0 spiro atoms. The fourth-order valence-corrected chi connectivity index (χ4v) is 2.30. The molecule has 6 heteroatoms. The molecule has 0 aromatic heterocycles. The number of ether oxygens (including phenoxy) is 1. The summed E-state index contributed by atoms with van der Waals surface area (Å²) in [6, 6.07) is 0. The molecule has 0 aromatic rings. The van der Waals surface area contributed by atoms with Gasteiger partial charge in [0.1, 0.15) is 11.5 Å². The molecule has 1 saturated heterocycles. The second-order valence-corrected chi connectivity index (χ2v) is 6.54. The Morgan fingerprint density at radius 2 is 2.10 bits per heavy atom. The van der Waals surface area contributed by atoms with E-state index in [1.165, 1.54) is 0 Å². The maximum atomic E-state index is 11.9. The maximum absolute atomic E-state index is 11.9. The standard InChI is InChI=1S/C15H25NO5/c1-15(2,3)21-14(20)16-8-7-11(10-16)5-4-6-12(17)9-13(18)19/h5,11-12,17H,4,6-10H2,1-3H3/p+1. The van der Waals surface area contributed by atoms with Gasteiger partial charge in [0.05, 0.1) is 31.9 Å². The van der Waals surface area contributed by atoms with Crippen molar-refractivity contribution in [2.75, 3.05) is 13.1 Å². The molecular weight excluding hydrogens is 274 g/mol. The number of carboxylic acid groups (broad SMARTS) is 1. The predicted molar refractivity (Wildman–Crippen MR) is 77.7 cm³/mol. The average molecular weight is 300 g/mol. The average Bonchev–Trinajstić information content (AvgIpc) is 2.74. The predicted octanol–water partition coefficient (Wildman–Crippen LogP) is 2.06. The van der Waals surface area contributed by atoms with E-state index in [2.05, 4.69) is 6.42 Å². The third kappa shape index (κ3) is 7.22. The molecule has 1 heterocycles. The summed E-state index contributed by atoms with van der Waals surface area (Å²) in [5, 5.41) is 18.0. The van der Waals surface area contributed by atoms with Gasteiger partial charge in [-0.3, -0.25) is 4.79 Å². The van der Waals surface area contributed by atoms with Crippen LogP contribution in [0.4, 0.5) is 4.79 Å². The molecule has 1 aliphatic rings. The molecule has 2 N–H and O–H groups in total. The lowest BCUT2D eigenvalue weighted by atomic mass is 9.99. The van der Waals surface area contributed by atoms with Crippen molar-refractivity contribution in [3.63, 3.8) is 0 Å². The van der Waals surface area contributed by atoms with Gasteiger partial charge in [-0.15, -0.1) is 0 Å². The molecule has 0 bridgehead atoms. The Morgan fingerprint density at radius 3 is 2.67 bits per heavy atom. The molecule has 6 nitrogen and oxygen atoms in total. The van der Waals surface area contributed by atoms with Crippen LogP contribution in [0, 0.1) is 12.3 Å². The molecule has 0 radical (unpaired) electrons. The van der Waals surface area contributed by atoms with Gasteiger partial charge in [0.25, 0.3) is 0 Å². The van der Waals surface area contributed by atoms with Gasteiger partial charge in [-0.1, -0.05) is 0 Å². The highest BCUT2D eigenvalue weighted by atomic mass is 16.6. The molecule has 2 atom stereocenters. The van der Waals surface area contributed by atoms with Gasteiger partial charge in [0, 0.05) is 19.4 Å². The third-order valence-electron chi connectivity index (χ3n) is 3.29. The summed E-state index contributed by atoms with van der Waals surface area (Å²) >= 11 is 0. The van der Waals surface area contributed by atoms with E-state index in [1.54, 1.807) is 4.90 Å². The summed E-state index contributed by atoms with van der Waals surface area (Å²) in [5.41, 5.74) is -0.486. The van der Waals surface area contributed by atoms with Crippen molar-refractivity contribution in [3.05, 3.63) is 6.42 Å². The van der Waals surface area contributed by atoms with Crippen molar-refractivity contribution < 1.29 is 24.5 Å². The van der Waals surface area contributed by atoms with Crippen LogP contribution >= 0.6 is 0 Å². The monoisotopic (exact) mass is 300 g/mol. The first kappa shape index (κ1) is 17.6. The van der Waals surface area contributed by atoms with Gasteiger partial charge in [-0.25, -0.2) is 4.79 Å². The number of aliphatic hydroxyl groups excluding tert-OH is 1. The number of carbonyl (C=O) groups is 2. The number of hydrogen-bond acceptors (Lipinski definition) is 4. The Bertz CT molecular complexity index is 364. The van der Waals surface area contributed by atoms with Gasteiger partial charge < -0.3 is 19.8 Å². The lowest BCUT2D eigenvalue weighted by Crippen LogP contribution is -2.35. The van der Waals surface area contributed by atoms with Gasteiger partial charge >= 0.3 is 12.1 Å². The Hall–Kier alpha value is -1.43. The van der Waals surface area contributed by atoms with Crippen LogP contribution in [-0.4, -0.2) is 52.0 Å². The van der Waals surface area contributed by atoms with Crippen LogP contribution in [0.2, 0.25) is 0 Å². The first-order chi connectivity index (χ1) is 9.67. The number of carbonyl (C=O) groups excluding carboxylic acids is 1. The van der Waals surface area contributed by atoms with E-state index in [0.717, 1.165) is 6.42 Å². The number of amides is 1. The molecule has 0 saturated carbocycles. The molecule has 0 aromatic carbocycles. The zero-order valence-electron chi connectivity index (χ0n) is 13.0. The van der Waals surface area contributed by atoms with E-state index in [9.17, 15) is 14.7 Å². The fraction of sp³-hybridized carbons (Fsp3) is 0.800. The number of aliphatic carboxylic acids is 1. The highest BCUT2D eigenvalue weighted by molar-refractivity contribution is 5.68. The van der Waals surface area contributed by atoms with Crippen molar-refractivity contribution in [3.8, 4) is 0 Å². The topological polar surface area (TPSA) is 87.1 Å². The van der Waals surface area contributed by atoms with Crippen LogP contribution in [0.5, 0.6) is 0 Å². The summed E-state index contributed by atoms with van der Waals surface area (Å²) < 4.78 is 5.32. The Kier molecular flexibility index (Phi) is 6.33.